The molecule has 0 aromatic heterocycles. The van der Waals surface area contributed by atoms with Gasteiger partial charge in [-0.05, 0) is 41.0 Å². The van der Waals surface area contributed by atoms with E-state index in [4.69, 9.17) is 11.6 Å². The van der Waals surface area contributed by atoms with Gasteiger partial charge in [0.15, 0.2) is 0 Å². The molecule has 166 valence electrons. The quantitative estimate of drug-likeness (QED) is 0.291. The van der Waals surface area contributed by atoms with Gasteiger partial charge in [-0.3, -0.25) is 4.90 Å². The number of aromatic hydroxyl groups is 1. The fourth-order valence-electron chi connectivity index (χ4n) is 5.16. The smallest absolute Gasteiger partial charge is 0.119 e. The van der Waals surface area contributed by atoms with Crippen LogP contribution in [0.15, 0.2) is 108 Å². The lowest BCUT2D eigenvalue weighted by atomic mass is 9.84. The molecule has 2 atom stereocenters. The SMILES string of the molecule is Oc1ccc(Cl)cc1C1CN(C(c2ccccc2)c2ccccc2)CC1c1ccccc1Br. The maximum atomic E-state index is 10.8. The van der Waals surface area contributed by atoms with Gasteiger partial charge in [0.25, 0.3) is 0 Å². The number of rotatable bonds is 5. The molecule has 1 N–H and O–H groups in total. The van der Waals surface area contributed by atoms with Gasteiger partial charge in [-0.1, -0.05) is 106 Å². The third kappa shape index (κ3) is 4.59. The third-order valence-electron chi connectivity index (χ3n) is 6.64. The summed E-state index contributed by atoms with van der Waals surface area (Å²) in [6, 6.07) is 35.3. The highest BCUT2D eigenvalue weighted by Crippen LogP contribution is 2.48. The molecule has 1 aliphatic heterocycles. The molecule has 0 aliphatic carbocycles. The van der Waals surface area contributed by atoms with E-state index in [2.05, 4.69) is 99.7 Å². The maximum Gasteiger partial charge on any atom is 0.119 e. The van der Waals surface area contributed by atoms with E-state index in [1.807, 2.05) is 12.1 Å². The number of hydrogen-bond donors (Lipinski definition) is 1. The normalized spacial score (nSPS) is 18.6. The summed E-state index contributed by atoms with van der Waals surface area (Å²) in [5, 5.41) is 11.4. The van der Waals surface area contributed by atoms with E-state index < -0.39 is 0 Å². The molecule has 4 aromatic carbocycles. The van der Waals surface area contributed by atoms with Gasteiger partial charge in [0.05, 0.1) is 6.04 Å². The summed E-state index contributed by atoms with van der Waals surface area (Å²) >= 11 is 10.2. The molecule has 1 saturated heterocycles. The van der Waals surface area contributed by atoms with Crippen LogP contribution in [0.1, 0.15) is 40.1 Å². The molecule has 5 rings (SSSR count). The highest BCUT2D eigenvalue weighted by molar-refractivity contribution is 9.10. The van der Waals surface area contributed by atoms with Crippen molar-refractivity contribution in [2.75, 3.05) is 13.1 Å². The fraction of sp³-hybridized carbons (Fsp3) is 0.172. The first-order valence-corrected chi connectivity index (χ1v) is 12.4. The summed E-state index contributed by atoms with van der Waals surface area (Å²) in [6.07, 6.45) is 0. The largest absolute Gasteiger partial charge is 0.508 e. The van der Waals surface area contributed by atoms with Crippen LogP contribution in [0, 0.1) is 0 Å². The summed E-state index contributed by atoms with van der Waals surface area (Å²) in [5.41, 5.74) is 4.70. The second-order valence-corrected chi connectivity index (χ2v) is 9.91. The second kappa shape index (κ2) is 9.72. The minimum Gasteiger partial charge on any atom is -0.508 e. The molecule has 1 heterocycles. The summed E-state index contributed by atoms with van der Waals surface area (Å²) in [7, 11) is 0. The molecular formula is C29H25BrClNO. The lowest BCUT2D eigenvalue weighted by Crippen LogP contribution is -2.27. The molecule has 0 saturated carbocycles. The lowest BCUT2D eigenvalue weighted by molar-refractivity contribution is 0.274. The molecule has 1 fully saturated rings. The average molecular weight is 519 g/mol. The van der Waals surface area contributed by atoms with Gasteiger partial charge in [0, 0.05) is 40.0 Å². The van der Waals surface area contributed by atoms with Crippen molar-refractivity contribution in [1.82, 2.24) is 4.90 Å². The van der Waals surface area contributed by atoms with Crippen LogP contribution >= 0.6 is 27.5 Å². The third-order valence-corrected chi connectivity index (χ3v) is 7.59. The van der Waals surface area contributed by atoms with Crippen LogP contribution in [0.5, 0.6) is 5.75 Å². The standard InChI is InChI=1S/C29H25BrClNO/c30-27-14-8-7-13-23(27)25-18-32(19-26(25)24-17-22(31)15-16-28(24)33)29(20-9-3-1-4-10-20)21-11-5-2-6-12-21/h1-17,25-26,29,33H,18-19H2. The van der Waals surface area contributed by atoms with Gasteiger partial charge in [0.1, 0.15) is 5.75 Å². The zero-order chi connectivity index (χ0) is 22.8. The van der Waals surface area contributed by atoms with Gasteiger partial charge < -0.3 is 5.11 Å². The van der Waals surface area contributed by atoms with Crippen LogP contribution in [0.4, 0.5) is 0 Å². The van der Waals surface area contributed by atoms with Crippen molar-refractivity contribution in [3.63, 3.8) is 0 Å². The number of halogens is 2. The van der Waals surface area contributed by atoms with Crippen molar-refractivity contribution in [3.05, 3.63) is 135 Å². The number of likely N-dealkylation sites (tertiary alicyclic amines) is 1. The van der Waals surface area contributed by atoms with E-state index in [9.17, 15) is 5.11 Å². The molecule has 0 spiro atoms. The number of nitrogens with zero attached hydrogens (tertiary/aromatic N) is 1. The Kier molecular flexibility index (Phi) is 6.55. The minimum absolute atomic E-state index is 0.109. The Morgan fingerprint density at radius 2 is 1.27 bits per heavy atom. The van der Waals surface area contributed by atoms with Crippen molar-refractivity contribution < 1.29 is 5.11 Å². The van der Waals surface area contributed by atoms with E-state index in [0.717, 1.165) is 23.1 Å². The predicted octanol–water partition coefficient (Wildman–Crippen LogP) is 7.78. The molecular weight excluding hydrogens is 494 g/mol. The zero-order valence-corrected chi connectivity index (χ0v) is 20.5. The van der Waals surface area contributed by atoms with E-state index >= 15 is 0 Å². The predicted molar refractivity (Wildman–Crippen MR) is 139 cm³/mol. The summed E-state index contributed by atoms with van der Waals surface area (Å²) in [6.45, 7) is 1.68. The van der Waals surface area contributed by atoms with Crippen molar-refractivity contribution in [1.29, 1.82) is 0 Å². The minimum atomic E-state index is 0.109. The number of phenols is 1. The Labute approximate surface area is 208 Å². The summed E-state index contributed by atoms with van der Waals surface area (Å²) in [4.78, 5) is 2.54. The molecule has 4 aromatic rings. The molecule has 0 bridgehead atoms. The molecule has 2 unspecified atom stereocenters. The Bertz CT molecular complexity index is 1190. The first-order chi connectivity index (χ1) is 16.1. The first kappa shape index (κ1) is 22.2. The average Bonchev–Trinajstić information content (AvgIpc) is 3.27. The van der Waals surface area contributed by atoms with Crippen LogP contribution in [-0.2, 0) is 0 Å². The Morgan fingerprint density at radius 3 is 1.88 bits per heavy atom. The van der Waals surface area contributed by atoms with Crippen molar-refractivity contribution >= 4 is 27.5 Å². The van der Waals surface area contributed by atoms with Crippen molar-refractivity contribution in [2.45, 2.75) is 17.9 Å². The van der Waals surface area contributed by atoms with E-state index in [1.165, 1.54) is 16.7 Å². The molecule has 0 amide bonds. The zero-order valence-electron chi connectivity index (χ0n) is 18.1. The lowest BCUT2D eigenvalue weighted by Gasteiger charge is -2.29. The molecule has 1 aliphatic rings. The van der Waals surface area contributed by atoms with Crippen molar-refractivity contribution in [3.8, 4) is 5.75 Å². The van der Waals surface area contributed by atoms with Gasteiger partial charge >= 0.3 is 0 Å². The van der Waals surface area contributed by atoms with Gasteiger partial charge in [-0.25, -0.2) is 0 Å². The monoisotopic (exact) mass is 517 g/mol. The van der Waals surface area contributed by atoms with Gasteiger partial charge in [0.2, 0.25) is 0 Å². The van der Waals surface area contributed by atoms with E-state index in [0.29, 0.717) is 10.8 Å². The van der Waals surface area contributed by atoms with Crippen molar-refractivity contribution in [2.24, 2.45) is 0 Å². The first-order valence-electron chi connectivity index (χ1n) is 11.2. The Morgan fingerprint density at radius 1 is 0.727 bits per heavy atom. The van der Waals surface area contributed by atoms with Gasteiger partial charge in [-0.2, -0.15) is 0 Å². The van der Waals surface area contributed by atoms with Gasteiger partial charge in [-0.15, -0.1) is 0 Å². The molecule has 2 nitrogen and oxygen atoms in total. The molecule has 0 radical (unpaired) electrons. The Balaban J connectivity index is 1.61. The Hall–Kier alpha value is -2.59. The number of hydrogen-bond acceptors (Lipinski definition) is 2. The van der Waals surface area contributed by atoms with E-state index in [1.54, 1.807) is 12.1 Å². The van der Waals surface area contributed by atoms with Crippen LogP contribution in [-0.4, -0.2) is 23.1 Å². The topological polar surface area (TPSA) is 23.5 Å². The fourth-order valence-corrected chi connectivity index (χ4v) is 5.92. The van der Waals surface area contributed by atoms with Crippen LogP contribution in [0.2, 0.25) is 5.02 Å². The molecule has 33 heavy (non-hydrogen) atoms. The van der Waals surface area contributed by atoms with Crippen LogP contribution in [0.25, 0.3) is 0 Å². The van der Waals surface area contributed by atoms with Crippen LogP contribution in [0.3, 0.4) is 0 Å². The maximum absolute atomic E-state index is 10.8. The number of phenolic OH excluding ortho intramolecular Hbond substituents is 1. The van der Waals surface area contributed by atoms with E-state index in [-0.39, 0.29) is 17.9 Å². The van der Waals surface area contributed by atoms with Crippen LogP contribution < -0.4 is 0 Å². The summed E-state index contributed by atoms with van der Waals surface area (Å²) in [5.74, 6) is 0.622. The molecule has 4 heteroatoms. The summed E-state index contributed by atoms with van der Waals surface area (Å²) < 4.78 is 1.10. The second-order valence-electron chi connectivity index (χ2n) is 8.62. The highest BCUT2D eigenvalue weighted by Gasteiger charge is 2.40. The number of benzene rings is 4. The highest BCUT2D eigenvalue weighted by atomic mass is 79.9.